The first-order chi connectivity index (χ1) is 8.33. The Labute approximate surface area is 104 Å². The number of unbranched alkanes of at least 4 members (excludes halogenated alkanes) is 3. The Morgan fingerprint density at radius 2 is 2.00 bits per heavy atom. The van der Waals surface area contributed by atoms with Crippen LogP contribution in [0.1, 0.15) is 49.4 Å². The highest BCUT2D eigenvalue weighted by Gasteiger charge is 2.37. The zero-order chi connectivity index (χ0) is 12.1. The molecule has 1 aromatic carbocycles. The van der Waals surface area contributed by atoms with E-state index in [9.17, 15) is 4.79 Å². The number of hydrogen-bond acceptors (Lipinski definition) is 1. The molecular weight excluding hydrogens is 210 g/mol. The van der Waals surface area contributed by atoms with Crippen LogP contribution in [0.15, 0.2) is 30.3 Å². The fourth-order valence-electron chi connectivity index (χ4n) is 2.23. The molecule has 1 heterocycles. The SMILES string of the molecule is CCCCCCC1CN1C(=O)c1ccccc1. The monoisotopic (exact) mass is 231 g/mol. The molecule has 1 fully saturated rings. The molecule has 0 aromatic heterocycles. The molecule has 1 atom stereocenters. The van der Waals surface area contributed by atoms with Crippen molar-refractivity contribution >= 4 is 5.91 Å². The lowest BCUT2D eigenvalue weighted by Crippen LogP contribution is -2.13. The van der Waals surface area contributed by atoms with E-state index in [1.54, 1.807) is 0 Å². The van der Waals surface area contributed by atoms with Gasteiger partial charge in [-0.25, -0.2) is 0 Å². The average molecular weight is 231 g/mol. The van der Waals surface area contributed by atoms with E-state index in [1.807, 2.05) is 35.2 Å². The van der Waals surface area contributed by atoms with Gasteiger partial charge in [-0.2, -0.15) is 0 Å². The van der Waals surface area contributed by atoms with E-state index in [2.05, 4.69) is 6.92 Å². The fourth-order valence-corrected chi connectivity index (χ4v) is 2.23. The van der Waals surface area contributed by atoms with Crippen LogP contribution in [0.2, 0.25) is 0 Å². The Morgan fingerprint density at radius 3 is 2.71 bits per heavy atom. The zero-order valence-electron chi connectivity index (χ0n) is 10.6. The van der Waals surface area contributed by atoms with E-state index < -0.39 is 0 Å². The van der Waals surface area contributed by atoms with E-state index in [0.717, 1.165) is 12.1 Å². The summed E-state index contributed by atoms with van der Waals surface area (Å²) in [5, 5.41) is 0. The van der Waals surface area contributed by atoms with Crippen LogP contribution in [0.5, 0.6) is 0 Å². The molecule has 2 heteroatoms. The van der Waals surface area contributed by atoms with Gasteiger partial charge in [0, 0.05) is 18.2 Å². The van der Waals surface area contributed by atoms with Crippen LogP contribution in [-0.2, 0) is 0 Å². The largest absolute Gasteiger partial charge is 0.332 e. The lowest BCUT2D eigenvalue weighted by atomic mass is 10.1. The second kappa shape index (κ2) is 5.85. The maximum atomic E-state index is 12.0. The summed E-state index contributed by atoms with van der Waals surface area (Å²) in [6.45, 7) is 3.18. The van der Waals surface area contributed by atoms with Crippen LogP contribution in [0, 0.1) is 0 Å². The molecular formula is C15H21NO. The Morgan fingerprint density at radius 1 is 1.24 bits per heavy atom. The number of rotatable bonds is 6. The van der Waals surface area contributed by atoms with Crippen molar-refractivity contribution in [2.24, 2.45) is 0 Å². The highest BCUT2D eigenvalue weighted by atomic mass is 16.2. The summed E-state index contributed by atoms with van der Waals surface area (Å²) < 4.78 is 0. The summed E-state index contributed by atoms with van der Waals surface area (Å²) in [7, 11) is 0. The van der Waals surface area contributed by atoms with Crippen molar-refractivity contribution in [3.05, 3.63) is 35.9 Å². The second-order valence-corrected chi connectivity index (χ2v) is 4.83. The maximum Gasteiger partial charge on any atom is 0.254 e. The molecule has 0 bridgehead atoms. The van der Waals surface area contributed by atoms with Gasteiger partial charge in [0.15, 0.2) is 0 Å². The third-order valence-electron chi connectivity index (χ3n) is 3.39. The van der Waals surface area contributed by atoms with Crippen molar-refractivity contribution in [1.29, 1.82) is 0 Å². The van der Waals surface area contributed by atoms with Gasteiger partial charge in [0.05, 0.1) is 0 Å². The molecule has 92 valence electrons. The normalized spacial score (nSPS) is 18.2. The van der Waals surface area contributed by atoms with Gasteiger partial charge in [0.2, 0.25) is 0 Å². The van der Waals surface area contributed by atoms with Crippen LogP contribution in [0.25, 0.3) is 0 Å². The van der Waals surface area contributed by atoms with Crippen LogP contribution in [-0.4, -0.2) is 23.4 Å². The Kier molecular flexibility index (Phi) is 4.18. The van der Waals surface area contributed by atoms with E-state index in [0.29, 0.717) is 6.04 Å². The van der Waals surface area contributed by atoms with Gasteiger partial charge in [-0.05, 0) is 18.6 Å². The van der Waals surface area contributed by atoms with E-state index in [-0.39, 0.29) is 5.91 Å². The molecule has 2 rings (SSSR count). The highest BCUT2D eigenvalue weighted by molar-refractivity contribution is 5.95. The van der Waals surface area contributed by atoms with Gasteiger partial charge in [0.1, 0.15) is 0 Å². The zero-order valence-corrected chi connectivity index (χ0v) is 10.6. The summed E-state index contributed by atoms with van der Waals surface area (Å²) in [6, 6.07) is 10.1. The second-order valence-electron chi connectivity index (χ2n) is 4.83. The number of amides is 1. The topological polar surface area (TPSA) is 20.1 Å². The highest BCUT2D eigenvalue weighted by Crippen LogP contribution is 2.25. The Balaban J connectivity index is 1.73. The molecule has 2 nitrogen and oxygen atoms in total. The number of nitrogens with zero attached hydrogens (tertiary/aromatic N) is 1. The summed E-state index contributed by atoms with van der Waals surface area (Å²) in [4.78, 5) is 14.0. The standard InChI is InChI=1S/C15H21NO/c1-2-3-4-8-11-14-12-16(14)15(17)13-9-6-5-7-10-13/h5-7,9-10,14H,2-4,8,11-12H2,1H3. The first-order valence-corrected chi connectivity index (χ1v) is 6.69. The quantitative estimate of drug-likeness (QED) is 0.542. The summed E-state index contributed by atoms with van der Waals surface area (Å²) in [6.07, 6.45) is 6.34. The summed E-state index contributed by atoms with van der Waals surface area (Å²) in [5.74, 6) is 0.200. The van der Waals surface area contributed by atoms with Crippen LogP contribution >= 0.6 is 0 Å². The molecule has 1 unspecified atom stereocenters. The first kappa shape index (κ1) is 12.2. The molecule has 1 aliphatic rings. The molecule has 17 heavy (non-hydrogen) atoms. The molecule has 1 aliphatic heterocycles. The van der Waals surface area contributed by atoms with Gasteiger partial charge in [-0.3, -0.25) is 4.79 Å². The van der Waals surface area contributed by atoms with Crippen molar-refractivity contribution in [3.8, 4) is 0 Å². The van der Waals surface area contributed by atoms with Crippen molar-refractivity contribution in [2.75, 3.05) is 6.54 Å². The van der Waals surface area contributed by atoms with E-state index in [4.69, 9.17) is 0 Å². The molecule has 1 amide bonds. The number of carbonyl (C=O) groups excluding carboxylic acids is 1. The minimum absolute atomic E-state index is 0.200. The molecule has 0 saturated carbocycles. The third kappa shape index (κ3) is 3.32. The smallest absolute Gasteiger partial charge is 0.254 e. The lowest BCUT2D eigenvalue weighted by molar-refractivity contribution is 0.0873. The third-order valence-corrected chi connectivity index (χ3v) is 3.39. The van der Waals surface area contributed by atoms with Gasteiger partial charge < -0.3 is 4.90 Å². The molecule has 1 aromatic rings. The minimum atomic E-state index is 0.200. The van der Waals surface area contributed by atoms with Gasteiger partial charge in [-0.15, -0.1) is 0 Å². The van der Waals surface area contributed by atoms with Crippen LogP contribution in [0.4, 0.5) is 0 Å². The first-order valence-electron chi connectivity index (χ1n) is 6.69. The van der Waals surface area contributed by atoms with Crippen molar-refractivity contribution < 1.29 is 4.79 Å². The number of carbonyl (C=O) groups is 1. The number of hydrogen-bond donors (Lipinski definition) is 0. The molecule has 0 aliphatic carbocycles. The molecule has 0 radical (unpaired) electrons. The van der Waals surface area contributed by atoms with Crippen LogP contribution in [0.3, 0.4) is 0 Å². The summed E-state index contributed by atoms with van der Waals surface area (Å²) in [5.41, 5.74) is 0.823. The van der Waals surface area contributed by atoms with Crippen molar-refractivity contribution in [2.45, 2.75) is 45.1 Å². The van der Waals surface area contributed by atoms with Gasteiger partial charge >= 0.3 is 0 Å². The molecule has 1 saturated heterocycles. The Hall–Kier alpha value is -1.31. The van der Waals surface area contributed by atoms with Crippen molar-refractivity contribution in [1.82, 2.24) is 4.90 Å². The van der Waals surface area contributed by atoms with E-state index >= 15 is 0 Å². The van der Waals surface area contributed by atoms with Gasteiger partial charge in [-0.1, -0.05) is 50.8 Å². The van der Waals surface area contributed by atoms with Gasteiger partial charge in [0.25, 0.3) is 5.91 Å². The summed E-state index contributed by atoms with van der Waals surface area (Å²) >= 11 is 0. The van der Waals surface area contributed by atoms with Crippen LogP contribution < -0.4 is 0 Å². The lowest BCUT2D eigenvalue weighted by Gasteiger charge is -2.04. The average Bonchev–Trinajstić information content (AvgIpc) is 3.14. The fraction of sp³-hybridized carbons (Fsp3) is 0.533. The molecule has 0 N–H and O–H groups in total. The van der Waals surface area contributed by atoms with Crippen molar-refractivity contribution in [3.63, 3.8) is 0 Å². The minimum Gasteiger partial charge on any atom is -0.332 e. The maximum absolute atomic E-state index is 12.0. The Bertz CT molecular complexity index is 360. The van der Waals surface area contributed by atoms with E-state index in [1.165, 1.54) is 32.1 Å². The number of benzene rings is 1. The predicted molar refractivity (Wildman–Crippen MR) is 70.0 cm³/mol. The molecule has 0 spiro atoms. The predicted octanol–water partition coefficient (Wildman–Crippen LogP) is 3.48.